The summed E-state index contributed by atoms with van der Waals surface area (Å²) in [5.41, 5.74) is 2.16. The summed E-state index contributed by atoms with van der Waals surface area (Å²) < 4.78 is 15.0. The first kappa shape index (κ1) is 21.0. The highest BCUT2D eigenvalue weighted by molar-refractivity contribution is 5.84. The predicted molar refractivity (Wildman–Crippen MR) is 118 cm³/mol. The van der Waals surface area contributed by atoms with Gasteiger partial charge in [-0.2, -0.15) is 0 Å². The van der Waals surface area contributed by atoms with Gasteiger partial charge in [0.2, 0.25) is 0 Å². The minimum Gasteiger partial charge on any atom is -0.465 e. The zero-order valence-corrected chi connectivity index (χ0v) is 17.7. The minimum atomic E-state index is -0.915. The van der Waals surface area contributed by atoms with Crippen molar-refractivity contribution in [1.29, 1.82) is 0 Å². The van der Waals surface area contributed by atoms with Gasteiger partial charge in [0.25, 0.3) is 5.56 Å². The Bertz CT molecular complexity index is 1170. The SMILES string of the molecule is CC(C)c1nc2ccc(-c3ccc(F)cc3)cc2c(=O)n1C[C@@H]1CCCN(C(=O)O)C1. The average Bonchev–Trinajstić information content (AvgIpc) is 2.76. The molecule has 3 aromatic rings. The zero-order chi connectivity index (χ0) is 22.1. The molecule has 0 bridgehead atoms. The average molecular weight is 423 g/mol. The highest BCUT2D eigenvalue weighted by atomic mass is 19.1. The normalized spacial score (nSPS) is 16.8. The van der Waals surface area contributed by atoms with Crippen LogP contribution in [0.5, 0.6) is 0 Å². The van der Waals surface area contributed by atoms with Crippen LogP contribution in [0.1, 0.15) is 38.4 Å². The number of hydrogen-bond acceptors (Lipinski definition) is 3. The van der Waals surface area contributed by atoms with Crippen molar-refractivity contribution in [2.24, 2.45) is 5.92 Å². The number of halogens is 1. The molecule has 1 aliphatic rings. The molecule has 0 spiro atoms. The molecule has 6 nitrogen and oxygen atoms in total. The van der Waals surface area contributed by atoms with Gasteiger partial charge in [0.15, 0.2) is 0 Å². The van der Waals surface area contributed by atoms with Crippen molar-refractivity contribution in [3.8, 4) is 11.1 Å². The summed E-state index contributed by atoms with van der Waals surface area (Å²) in [4.78, 5) is 31.1. The second-order valence-corrected chi connectivity index (χ2v) is 8.52. The maximum atomic E-state index is 13.5. The molecule has 0 unspecified atom stereocenters. The van der Waals surface area contributed by atoms with Gasteiger partial charge in [0.1, 0.15) is 11.6 Å². The molecule has 2 heterocycles. The quantitative estimate of drug-likeness (QED) is 0.659. The van der Waals surface area contributed by atoms with Crippen LogP contribution < -0.4 is 5.56 Å². The predicted octanol–water partition coefficient (Wildman–Crippen LogP) is 4.72. The molecular weight excluding hydrogens is 397 g/mol. The monoisotopic (exact) mass is 423 g/mol. The number of aromatic nitrogens is 2. The van der Waals surface area contributed by atoms with E-state index in [0.29, 0.717) is 36.4 Å². The maximum Gasteiger partial charge on any atom is 0.407 e. The largest absolute Gasteiger partial charge is 0.465 e. The van der Waals surface area contributed by atoms with Crippen LogP contribution in [-0.2, 0) is 6.54 Å². The molecule has 1 N–H and O–H groups in total. The molecular formula is C24H26FN3O3. The second kappa shape index (κ2) is 8.49. The van der Waals surface area contributed by atoms with Gasteiger partial charge in [-0.15, -0.1) is 0 Å². The molecule has 0 saturated carbocycles. The van der Waals surface area contributed by atoms with Crippen molar-refractivity contribution in [3.63, 3.8) is 0 Å². The van der Waals surface area contributed by atoms with E-state index in [1.165, 1.54) is 17.0 Å². The molecule has 0 aliphatic carbocycles. The van der Waals surface area contributed by atoms with E-state index in [4.69, 9.17) is 4.98 Å². The fraction of sp³-hybridized carbons (Fsp3) is 0.375. The van der Waals surface area contributed by atoms with Crippen LogP contribution in [0.2, 0.25) is 0 Å². The van der Waals surface area contributed by atoms with Gasteiger partial charge >= 0.3 is 6.09 Å². The maximum absolute atomic E-state index is 13.5. The first-order valence-electron chi connectivity index (χ1n) is 10.6. The van der Waals surface area contributed by atoms with Crippen molar-refractivity contribution in [1.82, 2.24) is 14.5 Å². The Morgan fingerprint density at radius 3 is 2.58 bits per heavy atom. The zero-order valence-electron chi connectivity index (χ0n) is 17.7. The van der Waals surface area contributed by atoms with Crippen LogP contribution in [-0.4, -0.2) is 38.7 Å². The fourth-order valence-electron chi connectivity index (χ4n) is 4.32. The summed E-state index contributed by atoms with van der Waals surface area (Å²) in [6.07, 6.45) is 0.751. The van der Waals surface area contributed by atoms with Gasteiger partial charge in [-0.3, -0.25) is 9.36 Å². The minimum absolute atomic E-state index is 0.0491. The summed E-state index contributed by atoms with van der Waals surface area (Å²) >= 11 is 0. The molecule has 1 aliphatic heterocycles. The van der Waals surface area contributed by atoms with E-state index >= 15 is 0 Å². The fourth-order valence-corrected chi connectivity index (χ4v) is 4.32. The van der Waals surface area contributed by atoms with E-state index in [2.05, 4.69) is 0 Å². The molecule has 162 valence electrons. The summed E-state index contributed by atoms with van der Waals surface area (Å²) in [6.45, 7) is 5.41. The van der Waals surface area contributed by atoms with E-state index in [1.807, 2.05) is 32.0 Å². The van der Waals surface area contributed by atoms with E-state index < -0.39 is 6.09 Å². The molecule has 1 aromatic heterocycles. The van der Waals surface area contributed by atoms with E-state index in [-0.39, 0.29) is 23.2 Å². The Kier molecular flexibility index (Phi) is 5.76. The molecule has 4 rings (SSSR count). The van der Waals surface area contributed by atoms with Crippen molar-refractivity contribution >= 4 is 17.0 Å². The third-order valence-corrected chi connectivity index (χ3v) is 5.91. The number of carbonyl (C=O) groups is 1. The Hall–Kier alpha value is -3.22. The van der Waals surface area contributed by atoms with E-state index in [1.54, 1.807) is 16.7 Å². The molecule has 1 amide bonds. The highest BCUT2D eigenvalue weighted by Crippen LogP contribution is 2.25. The molecule has 1 saturated heterocycles. The van der Waals surface area contributed by atoms with Crippen molar-refractivity contribution < 1.29 is 14.3 Å². The summed E-state index contributed by atoms with van der Waals surface area (Å²) in [7, 11) is 0. The number of benzene rings is 2. The second-order valence-electron chi connectivity index (χ2n) is 8.52. The Balaban J connectivity index is 1.76. The van der Waals surface area contributed by atoms with Crippen LogP contribution >= 0.6 is 0 Å². The molecule has 7 heteroatoms. The molecule has 2 aromatic carbocycles. The smallest absolute Gasteiger partial charge is 0.407 e. The lowest BCUT2D eigenvalue weighted by molar-refractivity contribution is 0.116. The van der Waals surface area contributed by atoms with Crippen LogP contribution in [0.15, 0.2) is 47.3 Å². The number of carboxylic acid groups (broad SMARTS) is 1. The molecule has 0 radical (unpaired) electrons. The van der Waals surface area contributed by atoms with Gasteiger partial charge in [-0.25, -0.2) is 14.2 Å². The van der Waals surface area contributed by atoms with Crippen LogP contribution in [0, 0.1) is 11.7 Å². The van der Waals surface area contributed by atoms with E-state index in [0.717, 1.165) is 24.0 Å². The Morgan fingerprint density at radius 2 is 1.90 bits per heavy atom. The number of likely N-dealkylation sites (tertiary alicyclic amines) is 1. The Morgan fingerprint density at radius 1 is 1.19 bits per heavy atom. The Labute approximate surface area is 180 Å². The number of fused-ring (bicyclic) bond motifs is 1. The lowest BCUT2D eigenvalue weighted by Crippen LogP contribution is -2.41. The number of piperidine rings is 1. The van der Waals surface area contributed by atoms with E-state index in [9.17, 15) is 19.1 Å². The van der Waals surface area contributed by atoms with Gasteiger partial charge in [-0.05, 0) is 54.2 Å². The molecule has 1 fully saturated rings. The highest BCUT2D eigenvalue weighted by Gasteiger charge is 2.25. The number of rotatable bonds is 4. The molecule has 31 heavy (non-hydrogen) atoms. The van der Waals surface area contributed by atoms with Crippen LogP contribution in [0.25, 0.3) is 22.0 Å². The lowest BCUT2D eigenvalue weighted by atomic mass is 9.97. The first-order valence-corrected chi connectivity index (χ1v) is 10.6. The van der Waals surface area contributed by atoms with Crippen LogP contribution in [0.3, 0.4) is 0 Å². The number of hydrogen-bond donors (Lipinski definition) is 1. The van der Waals surface area contributed by atoms with Gasteiger partial charge in [0.05, 0.1) is 10.9 Å². The van der Waals surface area contributed by atoms with Gasteiger partial charge in [-0.1, -0.05) is 32.0 Å². The number of amides is 1. The van der Waals surface area contributed by atoms with Gasteiger partial charge in [0, 0.05) is 25.6 Å². The van der Waals surface area contributed by atoms with Crippen molar-refractivity contribution in [2.75, 3.05) is 13.1 Å². The van der Waals surface area contributed by atoms with Crippen molar-refractivity contribution in [3.05, 3.63) is 64.5 Å². The van der Waals surface area contributed by atoms with Crippen molar-refractivity contribution in [2.45, 2.75) is 39.2 Å². The number of nitrogens with zero attached hydrogens (tertiary/aromatic N) is 3. The third-order valence-electron chi connectivity index (χ3n) is 5.91. The third kappa shape index (κ3) is 4.31. The summed E-state index contributed by atoms with van der Waals surface area (Å²) in [5.74, 6) is 0.519. The van der Waals surface area contributed by atoms with Crippen LogP contribution in [0.4, 0.5) is 9.18 Å². The van der Waals surface area contributed by atoms with Gasteiger partial charge < -0.3 is 10.0 Å². The molecule has 1 atom stereocenters. The summed E-state index contributed by atoms with van der Waals surface area (Å²) in [6, 6.07) is 11.7. The first-order chi connectivity index (χ1) is 14.8. The lowest BCUT2D eigenvalue weighted by Gasteiger charge is -2.31. The summed E-state index contributed by atoms with van der Waals surface area (Å²) in [5, 5.41) is 9.85. The topological polar surface area (TPSA) is 75.4 Å². The standard InChI is InChI=1S/C24H26FN3O3/c1-15(2)22-26-21-10-7-18(17-5-8-19(25)9-6-17)12-20(21)23(29)28(22)14-16-4-3-11-27(13-16)24(30)31/h5-10,12,15-16H,3-4,11,13-14H2,1-2H3,(H,30,31)/t16-/m1/s1.